The Morgan fingerprint density at radius 2 is 1.83 bits per heavy atom. The number of hydrogen-bond donors (Lipinski definition) is 0. The minimum Gasteiger partial charge on any atom is -0.338 e. The first-order valence-corrected chi connectivity index (χ1v) is 10.8. The summed E-state index contributed by atoms with van der Waals surface area (Å²) < 4.78 is 7.40. The molecular weight excluding hydrogens is 406 g/mol. The number of aromatic nitrogens is 5. The Morgan fingerprint density at radius 3 is 2.59 bits per heavy atom. The van der Waals surface area contributed by atoms with Gasteiger partial charge in [-0.05, 0) is 36.2 Å². The van der Waals surface area contributed by atoms with Gasteiger partial charge in [0.1, 0.15) is 5.82 Å². The maximum atomic E-state index is 6.08. The van der Waals surface area contributed by atoms with Crippen molar-refractivity contribution in [3.05, 3.63) is 82.7 Å². The molecule has 6 nitrogen and oxygen atoms in total. The van der Waals surface area contributed by atoms with E-state index in [9.17, 15) is 0 Å². The molecule has 2 aromatic heterocycles. The molecule has 4 rings (SSSR count). The van der Waals surface area contributed by atoms with E-state index in [0.717, 1.165) is 35.3 Å². The lowest BCUT2D eigenvalue weighted by atomic mass is 10.1. The fourth-order valence-corrected chi connectivity index (χ4v) is 3.87. The first kappa shape index (κ1) is 19.7. The van der Waals surface area contributed by atoms with Gasteiger partial charge in [0.25, 0.3) is 0 Å². The van der Waals surface area contributed by atoms with Crippen LogP contribution in [0.5, 0.6) is 0 Å². The lowest BCUT2D eigenvalue weighted by Gasteiger charge is -2.10. The van der Waals surface area contributed by atoms with Crippen LogP contribution in [0.15, 0.2) is 64.3 Å². The van der Waals surface area contributed by atoms with Crippen LogP contribution in [-0.2, 0) is 18.6 Å². The second-order valence-electron chi connectivity index (χ2n) is 6.52. The van der Waals surface area contributed by atoms with Gasteiger partial charge in [0.15, 0.2) is 11.0 Å². The molecule has 2 aromatic carbocycles. The highest BCUT2D eigenvalue weighted by atomic mass is 35.5. The van der Waals surface area contributed by atoms with Gasteiger partial charge in [-0.2, -0.15) is 4.98 Å². The molecule has 0 aliphatic heterocycles. The van der Waals surface area contributed by atoms with Gasteiger partial charge in [-0.3, -0.25) is 4.57 Å². The molecule has 148 valence electrons. The van der Waals surface area contributed by atoms with Crippen molar-refractivity contribution < 1.29 is 4.52 Å². The molecule has 0 N–H and O–H groups in total. The van der Waals surface area contributed by atoms with E-state index in [1.165, 1.54) is 17.3 Å². The molecule has 0 saturated carbocycles. The summed E-state index contributed by atoms with van der Waals surface area (Å²) in [5.74, 6) is 2.73. The minimum absolute atomic E-state index is 0.535. The van der Waals surface area contributed by atoms with E-state index in [2.05, 4.69) is 44.0 Å². The second kappa shape index (κ2) is 9.24. The molecule has 0 atom stereocenters. The van der Waals surface area contributed by atoms with Crippen molar-refractivity contribution in [2.24, 2.45) is 0 Å². The molecule has 0 aliphatic rings. The monoisotopic (exact) mass is 425 g/mol. The van der Waals surface area contributed by atoms with Crippen LogP contribution in [0.25, 0.3) is 5.69 Å². The summed E-state index contributed by atoms with van der Waals surface area (Å²) in [7, 11) is 0. The van der Waals surface area contributed by atoms with Crippen molar-refractivity contribution in [1.29, 1.82) is 0 Å². The lowest BCUT2D eigenvalue weighted by Crippen LogP contribution is -2.04. The number of aryl methyl sites for hydroxylation is 1. The molecule has 0 amide bonds. The van der Waals surface area contributed by atoms with Gasteiger partial charge in [0.2, 0.25) is 5.89 Å². The zero-order valence-electron chi connectivity index (χ0n) is 16.0. The van der Waals surface area contributed by atoms with Crippen LogP contribution in [-0.4, -0.2) is 24.9 Å². The lowest BCUT2D eigenvalue weighted by molar-refractivity contribution is 0.384. The van der Waals surface area contributed by atoms with Crippen LogP contribution < -0.4 is 0 Å². The van der Waals surface area contributed by atoms with Gasteiger partial charge < -0.3 is 4.52 Å². The smallest absolute Gasteiger partial charge is 0.237 e. The highest BCUT2D eigenvalue weighted by Crippen LogP contribution is 2.26. The van der Waals surface area contributed by atoms with E-state index in [1.807, 2.05) is 42.5 Å². The molecule has 0 aliphatic carbocycles. The average molecular weight is 426 g/mol. The van der Waals surface area contributed by atoms with Crippen molar-refractivity contribution in [1.82, 2.24) is 24.9 Å². The molecule has 4 aromatic rings. The number of nitrogens with zero attached hydrogens (tertiary/aromatic N) is 5. The molecule has 0 radical (unpaired) electrons. The summed E-state index contributed by atoms with van der Waals surface area (Å²) in [6.45, 7) is 2.09. The van der Waals surface area contributed by atoms with Gasteiger partial charge in [0, 0.05) is 23.6 Å². The molecule has 0 fully saturated rings. The third kappa shape index (κ3) is 4.86. The summed E-state index contributed by atoms with van der Waals surface area (Å²) in [5.41, 5.74) is 2.14. The van der Waals surface area contributed by atoms with Gasteiger partial charge in [-0.15, -0.1) is 10.2 Å². The zero-order valence-corrected chi connectivity index (χ0v) is 17.5. The highest BCUT2D eigenvalue weighted by Gasteiger charge is 2.16. The normalized spacial score (nSPS) is 11.1. The predicted octanol–water partition coefficient (Wildman–Crippen LogP) is 5.14. The number of halogens is 1. The Bertz CT molecular complexity index is 1060. The van der Waals surface area contributed by atoms with E-state index in [-0.39, 0.29) is 0 Å². The SMILES string of the molecule is CCCc1noc(CSc2nnc(Cc3ccccc3)n2-c2ccc(Cl)cc2)n1. The molecule has 0 unspecified atom stereocenters. The Balaban J connectivity index is 1.61. The van der Waals surface area contributed by atoms with Gasteiger partial charge in [0.05, 0.1) is 5.75 Å². The van der Waals surface area contributed by atoms with E-state index < -0.39 is 0 Å². The number of rotatable bonds is 8. The first-order valence-electron chi connectivity index (χ1n) is 9.41. The average Bonchev–Trinajstić information content (AvgIpc) is 3.35. The molecular formula is C21H20ClN5OS. The van der Waals surface area contributed by atoms with Crippen LogP contribution in [0.1, 0.15) is 36.4 Å². The third-order valence-corrected chi connectivity index (χ3v) is 5.46. The van der Waals surface area contributed by atoms with E-state index in [1.54, 1.807) is 0 Å². The van der Waals surface area contributed by atoms with Crippen LogP contribution in [0.4, 0.5) is 0 Å². The number of hydrogen-bond acceptors (Lipinski definition) is 6. The number of benzene rings is 2. The fourth-order valence-electron chi connectivity index (χ4n) is 2.94. The Morgan fingerprint density at radius 1 is 1.03 bits per heavy atom. The largest absolute Gasteiger partial charge is 0.338 e. The highest BCUT2D eigenvalue weighted by molar-refractivity contribution is 7.98. The van der Waals surface area contributed by atoms with Crippen molar-refractivity contribution >= 4 is 23.4 Å². The molecule has 2 heterocycles. The maximum absolute atomic E-state index is 6.08. The standard InChI is InChI=1S/C21H20ClN5OS/c1-2-6-18-23-20(28-26-18)14-29-21-25-24-19(13-15-7-4-3-5-8-15)27(21)17-11-9-16(22)10-12-17/h3-5,7-12H,2,6,13-14H2,1H3. The number of thioether (sulfide) groups is 1. The summed E-state index contributed by atoms with van der Waals surface area (Å²) in [4.78, 5) is 4.43. The van der Waals surface area contributed by atoms with E-state index >= 15 is 0 Å². The van der Waals surface area contributed by atoms with Crippen molar-refractivity contribution in [2.45, 2.75) is 37.1 Å². The molecule has 0 bridgehead atoms. The molecule has 0 saturated heterocycles. The van der Waals surface area contributed by atoms with Crippen molar-refractivity contribution in [3.8, 4) is 5.69 Å². The first-order chi connectivity index (χ1) is 14.2. The quantitative estimate of drug-likeness (QED) is 0.364. The minimum atomic E-state index is 0.535. The molecule has 8 heteroatoms. The second-order valence-corrected chi connectivity index (χ2v) is 7.89. The fraction of sp³-hybridized carbons (Fsp3) is 0.238. The summed E-state index contributed by atoms with van der Waals surface area (Å²) in [5, 5.41) is 14.3. The van der Waals surface area contributed by atoms with Crippen molar-refractivity contribution in [2.75, 3.05) is 0 Å². The third-order valence-electron chi connectivity index (χ3n) is 4.30. The van der Waals surface area contributed by atoms with Crippen molar-refractivity contribution in [3.63, 3.8) is 0 Å². The summed E-state index contributed by atoms with van der Waals surface area (Å²) in [6, 6.07) is 17.9. The van der Waals surface area contributed by atoms with E-state index in [0.29, 0.717) is 23.1 Å². The predicted molar refractivity (Wildman–Crippen MR) is 113 cm³/mol. The van der Waals surface area contributed by atoms with Gasteiger partial charge in [-0.1, -0.05) is 65.8 Å². The summed E-state index contributed by atoms with van der Waals surface area (Å²) in [6.07, 6.45) is 2.48. The molecule has 29 heavy (non-hydrogen) atoms. The van der Waals surface area contributed by atoms with Crippen LogP contribution in [0, 0.1) is 0 Å². The Kier molecular flexibility index (Phi) is 6.27. The zero-order chi connectivity index (χ0) is 20.1. The van der Waals surface area contributed by atoms with Gasteiger partial charge >= 0.3 is 0 Å². The van der Waals surface area contributed by atoms with Crippen LogP contribution in [0.3, 0.4) is 0 Å². The Labute approximate surface area is 178 Å². The Hall–Kier alpha value is -2.64. The molecule has 0 spiro atoms. The van der Waals surface area contributed by atoms with E-state index in [4.69, 9.17) is 16.1 Å². The van der Waals surface area contributed by atoms with Crippen LogP contribution in [0.2, 0.25) is 5.02 Å². The topological polar surface area (TPSA) is 69.6 Å². The maximum Gasteiger partial charge on any atom is 0.237 e. The van der Waals surface area contributed by atoms with Gasteiger partial charge in [-0.25, -0.2) is 0 Å². The van der Waals surface area contributed by atoms with Crippen LogP contribution >= 0.6 is 23.4 Å². The summed E-state index contributed by atoms with van der Waals surface area (Å²) >= 11 is 7.60.